The van der Waals surface area contributed by atoms with E-state index in [4.69, 9.17) is 4.42 Å². The fraction of sp³-hybridized carbons (Fsp3) is 0.385. The molecule has 0 N–H and O–H groups in total. The lowest BCUT2D eigenvalue weighted by Gasteiger charge is -2.26. The molecule has 0 bridgehead atoms. The number of nitrogens with zero attached hydrogens (tertiary/aromatic N) is 6. The topological polar surface area (TPSA) is 72.9 Å². The first-order chi connectivity index (χ1) is 16.7. The Morgan fingerprint density at radius 2 is 1.65 bits per heavy atom. The Morgan fingerprint density at radius 3 is 2.41 bits per heavy atom. The molecule has 1 atom stereocenters. The van der Waals surface area contributed by atoms with Gasteiger partial charge in [-0.25, -0.2) is 0 Å². The molecule has 4 aromatic rings. The molecule has 34 heavy (non-hydrogen) atoms. The summed E-state index contributed by atoms with van der Waals surface area (Å²) in [7, 11) is 0. The van der Waals surface area contributed by atoms with Crippen LogP contribution >= 0.6 is 11.8 Å². The van der Waals surface area contributed by atoms with Crippen molar-refractivity contribution >= 4 is 11.8 Å². The van der Waals surface area contributed by atoms with Crippen LogP contribution in [0.1, 0.15) is 54.3 Å². The maximum Gasteiger partial charge on any atom is 0.247 e. The Bertz CT molecular complexity index is 1200. The molecule has 0 radical (unpaired) electrons. The number of likely N-dealkylation sites (tertiary alicyclic amines) is 1. The number of rotatable bonds is 8. The van der Waals surface area contributed by atoms with Crippen molar-refractivity contribution in [3.63, 3.8) is 0 Å². The molecule has 1 aliphatic rings. The summed E-state index contributed by atoms with van der Waals surface area (Å²) in [6.07, 6.45) is 3.83. The van der Waals surface area contributed by atoms with Crippen LogP contribution in [0.2, 0.25) is 0 Å². The minimum absolute atomic E-state index is 0.0479. The Morgan fingerprint density at radius 1 is 0.882 bits per heavy atom. The molecular weight excluding hydrogens is 444 g/mol. The number of benzene rings is 2. The summed E-state index contributed by atoms with van der Waals surface area (Å²) < 4.78 is 8.26. The van der Waals surface area contributed by atoms with Gasteiger partial charge in [-0.1, -0.05) is 66.2 Å². The molecule has 0 spiro atoms. The first kappa shape index (κ1) is 22.8. The van der Waals surface area contributed by atoms with Gasteiger partial charge in [-0.2, -0.15) is 0 Å². The van der Waals surface area contributed by atoms with Gasteiger partial charge in [0.25, 0.3) is 0 Å². The number of aryl methyl sites for hydroxylation is 1. The SMILES string of the molecule is Cc1ccc(-c2nnc(C(C)Sc3nnc(CN4CCCCC4)n3Cc3ccccc3)o2)cc1. The van der Waals surface area contributed by atoms with E-state index in [2.05, 4.69) is 68.0 Å². The van der Waals surface area contributed by atoms with Crippen LogP contribution in [0, 0.1) is 6.92 Å². The smallest absolute Gasteiger partial charge is 0.247 e. The van der Waals surface area contributed by atoms with Gasteiger partial charge in [-0.3, -0.25) is 4.90 Å². The summed E-state index contributed by atoms with van der Waals surface area (Å²) in [6, 6.07) is 18.6. The number of hydrogen-bond acceptors (Lipinski definition) is 7. The van der Waals surface area contributed by atoms with Crippen molar-refractivity contribution in [1.82, 2.24) is 29.9 Å². The Labute approximate surface area is 204 Å². The standard InChI is InChI=1S/C26H30N6OS/c1-19-11-13-22(14-12-19)25-29-28-24(33-25)20(2)34-26-30-27-23(18-31-15-7-4-8-16-31)32(26)17-21-9-5-3-6-10-21/h3,5-6,9-14,20H,4,7-8,15-18H2,1-2H3. The van der Waals surface area contributed by atoms with Crippen molar-refractivity contribution in [2.45, 2.75) is 56.6 Å². The van der Waals surface area contributed by atoms with E-state index < -0.39 is 0 Å². The zero-order chi connectivity index (χ0) is 23.3. The van der Waals surface area contributed by atoms with Crippen LogP contribution in [0.4, 0.5) is 0 Å². The second kappa shape index (κ2) is 10.5. The van der Waals surface area contributed by atoms with Gasteiger partial charge in [0.15, 0.2) is 5.16 Å². The van der Waals surface area contributed by atoms with E-state index in [1.165, 1.54) is 30.4 Å². The van der Waals surface area contributed by atoms with Crippen LogP contribution in [0.15, 0.2) is 64.2 Å². The van der Waals surface area contributed by atoms with Crippen LogP contribution in [-0.2, 0) is 13.1 Å². The molecule has 5 rings (SSSR count). The fourth-order valence-corrected chi connectivity index (χ4v) is 5.08. The molecule has 8 heteroatoms. The van der Waals surface area contributed by atoms with Crippen molar-refractivity contribution < 1.29 is 4.42 Å². The van der Waals surface area contributed by atoms with Gasteiger partial charge < -0.3 is 8.98 Å². The van der Waals surface area contributed by atoms with E-state index in [1.807, 2.05) is 30.3 Å². The highest BCUT2D eigenvalue weighted by atomic mass is 32.2. The molecule has 0 aliphatic carbocycles. The van der Waals surface area contributed by atoms with Crippen molar-refractivity contribution in [3.8, 4) is 11.5 Å². The Kier molecular flexibility index (Phi) is 7.06. The average Bonchev–Trinajstić information content (AvgIpc) is 3.50. The van der Waals surface area contributed by atoms with Gasteiger partial charge in [0.05, 0.1) is 18.3 Å². The van der Waals surface area contributed by atoms with Gasteiger partial charge in [0, 0.05) is 5.56 Å². The summed E-state index contributed by atoms with van der Waals surface area (Å²) in [5.41, 5.74) is 3.36. The van der Waals surface area contributed by atoms with Crippen LogP contribution < -0.4 is 0 Å². The Hall–Kier alpha value is -2.97. The monoisotopic (exact) mass is 474 g/mol. The van der Waals surface area contributed by atoms with Crippen molar-refractivity contribution in [2.24, 2.45) is 0 Å². The normalized spacial score (nSPS) is 15.5. The third kappa shape index (κ3) is 5.39. The van der Waals surface area contributed by atoms with Crippen molar-refractivity contribution in [2.75, 3.05) is 13.1 Å². The van der Waals surface area contributed by atoms with Gasteiger partial charge in [-0.15, -0.1) is 20.4 Å². The van der Waals surface area contributed by atoms with Gasteiger partial charge in [0.1, 0.15) is 5.82 Å². The maximum absolute atomic E-state index is 6.02. The molecule has 7 nitrogen and oxygen atoms in total. The summed E-state index contributed by atoms with van der Waals surface area (Å²) in [5.74, 6) is 2.14. The molecule has 1 aliphatic heterocycles. The molecule has 2 aromatic carbocycles. The van der Waals surface area contributed by atoms with Crippen LogP contribution in [-0.4, -0.2) is 43.0 Å². The van der Waals surface area contributed by atoms with Crippen LogP contribution in [0.3, 0.4) is 0 Å². The minimum atomic E-state index is -0.0479. The van der Waals surface area contributed by atoms with E-state index >= 15 is 0 Å². The van der Waals surface area contributed by atoms with E-state index in [9.17, 15) is 0 Å². The molecular formula is C26H30N6OS. The largest absolute Gasteiger partial charge is 0.419 e. The second-order valence-electron chi connectivity index (χ2n) is 8.88. The molecule has 2 aromatic heterocycles. The summed E-state index contributed by atoms with van der Waals surface area (Å²) in [5, 5.41) is 18.6. The maximum atomic E-state index is 6.02. The highest BCUT2D eigenvalue weighted by Gasteiger charge is 2.22. The van der Waals surface area contributed by atoms with Gasteiger partial charge >= 0.3 is 0 Å². The summed E-state index contributed by atoms with van der Waals surface area (Å²) >= 11 is 1.61. The molecule has 1 unspecified atom stereocenters. The lowest BCUT2D eigenvalue weighted by Crippen LogP contribution is -2.30. The number of piperidine rings is 1. The molecule has 0 amide bonds. The molecule has 0 saturated carbocycles. The number of aromatic nitrogens is 5. The molecule has 1 saturated heterocycles. The van der Waals surface area contributed by atoms with Crippen molar-refractivity contribution in [3.05, 3.63) is 77.4 Å². The summed E-state index contributed by atoms with van der Waals surface area (Å²) in [6.45, 7) is 7.95. The highest BCUT2D eigenvalue weighted by Crippen LogP contribution is 2.35. The predicted octanol–water partition coefficient (Wildman–Crippen LogP) is 5.52. The zero-order valence-corrected chi connectivity index (χ0v) is 20.5. The number of thioether (sulfide) groups is 1. The Balaban J connectivity index is 1.36. The lowest BCUT2D eigenvalue weighted by molar-refractivity contribution is 0.213. The van der Waals surface area contributed by atoms with E-state index in [0.717, 1.165) is 42.7 Å². The van der Waals surface area contributed by atoms with Crippen LogP contribution in [0.25, 0.3) is 11.5 Å². The minimum Gasteiger partial charge on any atom is -0.419 e. The van der Waals surface area contributed by atoms with E-state index in [0.29, 0.717) is 11.8 Å². The predicted molar refractivity (Wildman–Crippen MR) is 133 cm³/mol. The van der Waals surface area contributed by atoms with E-state index in [-0.39, 0.29) is 5.25 Å². The third-order valence-corrected chi connectivity index (χ3v) is 7.23. The average molecular weight is 475 g/mol. The lowest BCUT2D eigenvalue weighted by atomic mass is 10.1. The summed E-state index contributed by atoms with van der Waals surface area (Å²) in [4.78, 5) is 2.48. The molecule has 3 heterocycles. The van der Waals surface area contributed by atoms with Gasteiger partial charge in [-0.05, 0) is 57.5 Å². The van der Waals surface area contributed by atoms with Crippen LogP contribution in [0.5, 0.6) is 0 Å². The van der Waals surface area contributed by atoms with E-state index in [1.54, 1.807) is 11.8 Å². The zero-order valence-electron chi connectivity index (χ0n) is 19.7. The quantitative estimate of drug-likeness (QED) is 0.311. The highest BCUT2D eigenvalue weighted by molar-refractivity contribution is 7.99. The van der Waals surface area contributed by atoms with Crippen molar-refractivity contribution in [1.29, 1.82) is 0 Å². The first-order valence-electron chi connectivity index (χ1n) is 11.9. The third-order valence-electron chi connectivity index (χ3n) is 6.16. The molecule has 176 valence electrons. The number of hydrogen-bond donors (Lipinski definition) is 0. The second-order valence-corrected chi connectivity index (χ2v) is 10.2. The fourth-order valence-electron chi connectivity index (χ4n) is 4.19. The first-order valence-corrected chi connectivity index (χ1v) is 12.8. The molecule has 1 fully saturated rings. The van der Waals surface area contributed by atoms with Gasteiger partial charge in [0.2, 0.25) is 11.8 Å².